The summed E-state index contributed by atoms with van der Waals surface area (Å²) in [5, 5.41) is 15.3. The van der Waals surface area contributed by atoms with Crippen molar-refractivity contribution in [2.24, 2.45) is 5.92 Å². The van der Waals surface area contributed by atoms with Gasteiger partial charge in [-0.2, -0.15) is 0 Å². The molecule has 0 spiro atoms. The number of nitrogens with zero attached hydrogens (tertiary/aromatic N) is 1. The van der Waals surface area contributed by atoms with Crippen LogP contribution in [0.3, 0.4) is 0 Å². The number of hydrogen-bond acceptors (Lipinski definition) is 7. The van der Waals surface area contributed by atoms with E-state index in [9.17, 15) is 24.3 Å². The summed E-state index contributed by atoms with van der Waals surface area (Å²) in [6.07, 6.45) is 5.04. The number of ether oxygens (including phenoxy) is 2. The molecule has 224 valence electrons. The predicted octanol–water partition coefficient (Wildman–Crippen LogP) is 2.89. The molecule has 3 amide bonds. The van der Waals surface area contributed by atoms with Crippen LogP contribution in [0, 0.1) is 5.92 Å². The second-order valence-electron chi connectivity index (χ2n) is 10.7. The maximum absolute atomic E-state index is 13.6. The topological polar surface area (TPSA) is 134 Å². The second kappa shape index (κ2) is 15.7. The Bertz CT molecular complexity index is 1220. The van der Waals surface area contributed by atoms with Crippen molar-refractivity contribution in [2.75, 3.05) is 19.8 Å². The van der Waals surface area contributed by atoms with Crippen molar-refractivity contribution < 1.29 is 33.8 Å². The van der Waals surface area contributed by atoms with E-state index in [4.69, 9.17) is 9.47 Å². The Morgan fingerprint density at radius 3 is 2.40 bits per heavy atom. The highest BCUT2D eigenvalue weighted by molar-refractivity contribution is 5.86. The number of esters is 1. The minimum absolute atomic E-state index is 0.00804. The normalized spacial score (nSPS) is 21.7. The Morgan fingerprint density at radius 1 is 1.00 bits per heavy atom. The summed E-state index contributed by atoms with van der Waals surface area (Å²) >= 11 is 0. The summed E-state index contributed by atoms with van der Waals surface area (Å²) < 4.78 is 10.8. The summed E-state index contributed by atoms with van der Waals surface area (Å²) in [5.74, 6) is -1.68. The molecule has 1 fully saturated rings. The van der Waals surface area contributed by atoms with Crippen LogP contribution in [0.5, 0.6) is 0 Å². The van der Waals surface area contributed by atoms with Crippen molar-refractivity contribution >= 4 is 23.9 Å². The lowest BCUT2D eigenvalue weighted by Gasteiger charge is -2.29. The van der Waals surface area contributed by atoms with Gasteiger partial charge in [-0.25, -0.2) is 9.59 Å². The number of carbonyl (C=O) groups is 4. The zero-order chi connectivity index (χ0) is 29.7. The Balaban J connectivity index is 1.39. The van der Waals surface area contributed by atoms with Crippen LogP contribution < -0.4 is 10.6 Å². The molecule has 1 saturated heterocycles. The van der Waals surface area contributed by atoms with E-state index >= 15 is 0 Å². The number of benzene rings is 2. The first-order valence-electron chi connectivity index (χ1n) is 14.5. The van der Waals surface area contributed by atoms with E-state index in [1.165, 1.54) is 0 Å². The van der Waals surface area contributed by atoms with Crippen LogP contribution in [0.15, 0.2) is 72.8 Å². The molecule has 0 unspecified atom stereocenters. The van der Waals surface area contributed by atoms with Crippen molar-refractivity contribution in [2.45, 2.75) is 63.3 Å². The molecule has 42 heavy (non-hydrogen) atoms. The van der Waals surface area contributed by atoms with Gasteiger partial charge >= 0.3 is 12.1 Å². The Hall–Kier alpha value is -4.18. The van der Waals surface area contributed by atoms with Gasteiger partial charge < -0.3 is 30.1 Å². The van der Waals surface area contributed by atoms with Crippen molar-refractivity contribution in [3.63, 3.8) is 0 Å². The number of amides is 3. The monoisotopic (exact) mass is 577 g/mol. The summed E-state index contributed by atoms with van der Waals surface area (Å²) in [6.45, 7) is 0.369. The molecular weight excluding hydrogens is 538 g/mol. The number of cyclic esters (lactones) is 1. The third kappa shape index (κ3) is 9.17. The Morgan fingerprint density at radius 2 is 1.69 bits per heavy atom. The summed E-state index contributed by atoms with van der Waals surface area (Å²) in [5.41, 5.74) is 1.81. The first-order valence-corrected chi connectivity index (χ1v) is 14.5. The highest BCUT2D eigenvalue weighted by atomic mass is 16.6. The fourth-order valence-electron chi connectivity index (χ4n) is 5.27. The summed E-state index contributed by atoms with van der Waals surface area (Å²) in [6, 6.07) is 17.1. The van der Waals surface area contributed by atoms with Crippen LogP contribution in [0.25, 0.3) is 0 Å². The maximum Gasteiger partial charge on any atom is 0.408 e. The molecule has 0 saturated carbocycles. The van der Waals surface area contributed by atoms with Gasteiger partial charge in [-0.05, 0) is 43.2 Å². The fraction of sp³-hybridized carbons (Fsp3) is 0.438. The predicted molar refractivity (Wildman–Crippen MR) is 155 cm³/mol. The molecule has 2 aromatic carbocycles. The van der Waals surface area contributed by atoms with Crippen molar-refractivity contribution in [1.82, 2.24) is 15.5 Å². The van der Waals surface area contributed by atoms with Crippen molar-refractivity contribution in [3.8, 4) is 0 Å². The number of allylic oxidation sites excluding steroid dienone is 1. The maximum atomic E-state index is 13.6. The molecule has 3 N–H and O–H groups in total. The Kier molecular flexibility index (Phi) is 11.5. The quantitative estimate of drug-likeness (QED) is 0.308. The molecule has 0 bridgehead atoms. The van der Waals surface area contributed by atoms with E-state index in [0.717, 1.165) is 17.5 Å². The first-order chi connectivity index (χ1) is 20.4. The summed E-state index contributed by atoms with van der Waals surface area (Å²) in [4.78, 5) is 53.6. The van der Waals surface area contributed by atoms with Gasteiger partial charge in [0, 0.05) is 13.0 Å². The van der Waals surface area contributed by atoms with E-state index in [0.29, 0.717) is 19.4 Å². The fourth-order valence-corrected chi connectivity index (χ4v) is 5.27. The largest absolute Gasteiger partial charge is 0.462 e. The molecule has 2 aliphatic heterocycles. The van der Waals surface area contributed by atoms with Crippen molar-refractivity contribution in [3.05, 3.63) is 83.9 Å². The van der Waals surface area contributed by atoms with Gasteiger partial charge in [0.05, 0.1) is 24.6 Å². The van der Waals surface area contributed by atoms with Gasteiger partial charge in [0.2, 0.25) is 11.8 Å². The summed E-state index contributed by atoms with van der Waals surface area (Å²) in [7, 11) is 0. The number of rotatable bonds is 9. The second-order valence-corrected chi connectivity index (χ2v) is 10.7. The minimum atomic E-state index is -0.959. The smallest absolute Gasteiger partial charge is 0.408 e. The highest BCUT2D eigenvalue weighted by Crippen LogP contribution is 2.24. The first kappa shape index (κ1) is 30.8. The molecular formula is C32H39N3O7. The average molecular weight is 578 g/mol. The van der Waals surface area contributed by atoms with Crippen LogP contribution in [0.1, 0.15) is 43.2 Å². The lowest BCUT2D eigenvalue weighted by atomic mass is 9.97. The molecule has 0 radical (unpaired) electrons. The molecule has 10 heteroatoms. The highest BCUT2D eigenvalue weighted by Gasteiger charge is 2.35. The molecule has 2 aliphatic rings. The molecule has 4 atom stereocenters. The lowest BCUT2D eigenvalue weighted by molar-refractivity contribution is -0.150. The number of aliphatic hydroxyl groups excluding tert-OH is 1. The van der Waals surface area contributed by atoms with Gasteiger partial charge in [0.1, 0.15) is 19.3 Å². The van der Waals surface area contributed by atoms with Gasteiger partial charge in [-0.3, -0.25) is 9.59 Å². The number of carbonyl (C=O) groups excluding carboxylic acids is 4. The van der Waals surface area contributed by atoms with E-state index in [1.54, 1.807) is 17.1 Å². The average Bonchev–Trinajstić information content (AvgIpc) is 3.48. The molecule has 2 heterocycles. The van der Waals surface area contributed by atoms with Gasteiger partial charge in [0.25, 0.3) is 0 Å². The third-order valence-corrected chi connectivity index (χ3v) is 7.52. The van der Waals surface area contributed by atoms with Crippen LogP contribution in [0.4, 0.5) is 4.79 Å². The van der Waals surface area contributed by atoms with Gasteiger partial charge in [-0.1, -0.05) is 72.8 Å². The number of alkyl carbamates (subject to hydrolysis) is 1. The number of hydrogen-bond donors (Lipinski definition) is 3. The lowest BCUT2D eigenvalue weighted by Crippen LogP contribution is -2.46. The van der Waals surface area contributed by atoms with Crippen LogP contribution in [-0.2, 0) is 36.9 Å². The third-order valence-electron chi connectivity index (χ3n) is 7.52. The molecule has 2 aromatic rings. The number of fused-ring (bicyclic) bond motifs is 1. The number of aliphatic hydroxyl groups is 1. The zero-order valence-corrected chi connectivity index (χ0v) is 23.7. The Labute approximate surface area is 246 Å². The zero-order valence-electron chi connectivity index (χ0n) is 23.7. The van der Waals surface area contributed by atoms with Crippen molar-refractivity contribution in [1.29, 1.82) is 0 Å². The standard InChI is InChI=1S/C32H39N3O7/c36-20-26(18-23-10-3-1-4-11-23)33-29(37)19-25-14-7-8-16-28(34-32(40)42-21-24-12-5-2-6-13-24)31(39)41-22-27-15-9-17-35(27)30(25)38/h1-8,10-13,25-28,36H,9,14-22H2,(H,33,37)(H,34,40)/t25-,26-,27+,28-/m1/s1. The van der Waals surface area contributed by atoms with Gasteiger partial charge in [-0.15, -0.1) is 0 Å². The molecule has 0 aliphatic carbocycles. The van der Waals surface area contributed by atoms with Crippen LogP contribution in [-0.4, -0.2) is 71.8 Å². The van der Waals surface area contributed by atoms with E-state index in [-0.39, 0.29) is 56.9 Å². The number of nitrogens with one attached hydrogen (secondary N) is 2. The molecule has 4 rings (SSSR count). The minimum Gasteiger partial charge on any atom is -0.462 e. The van der Waals surface area contributed by atoms with Crippen LogP contribution >= 0.6 is 0 Å². The van der Waals surface area contributed by atoms with E-state index < -0.39 is 30.1 Å². The molecule has 0 aromatic heterocycles. The van der Waals surface area contributed by atoms with E-state index in [1.807, 2.05) is 60.7 Å². The van der Waals surface area contributed by atoms with E-state index in [2.05, 4.69) is 10.6 Å². The van der Waals surface area contributed by atoms with Crippen LogP contribution in [0.2, 0.25) is 0 Å². The van der Waals surface area contributed by atoms with Gasteiger partial charge in [0.15, 0.2) is 0 Å². The molecule has 10 nitrogen and oxygen atoms in total. The SMILES string of the molecule is O=C(C[C@H]1CC=CC[C@@H](NC(=O)OCc2ccccc2)C(=O)OC[C@@H]2CCCN2C1=O)N[C@@H](CO)Cc1ccccc1.